The second-order valence-corrected chi connectivity index (χ2v) is 7.39. The lowest BCUT2D eigenvalue weighted by Crippen LogP contribution is -2.60. The van der Waals surface area contributed by atoms with Crippen LogP contribution in [0.15, 0.2) is 0 Å². The van der Waals surface area contributed by atoms with Gasteiger partial charge < -0.3 is 5.32 Å². The monoisotopic (exact) mass is 235 g/mol. The Labute approximate surface area is 107 Å². The Kier molecular flexibility index (Phi) is 3.23. The van der Waals surface area contributed by atoms with Crippen molar-refractivity contribution in [1.82, 2.24) is 5.32 Å². The van der Waals surface area contributed by atoms with Crippen LogP contribution in [-0.2, 0) is 0 Å². The van der Waals surface area contributed by atoms with Crippen molar-refractivity contribution in [1.29, 1.82) is 0 Å². The van der Waals surface area contributed by atoms with E-state index in [1.807, 2.05) is 0 Å². The zero-order chi connectivity index (χ0) is 11.9. The quantitative estimate of drug-likeness (QED) is 0.755. The molecule has 4 rings (SSSR count). The van der Waals surface area contributed by atoms with Gasteiger partial charge in [0.05, 0.1) is 0 Å². The Balaban J connectivity index is 1.62. The van der Waals surface area contributed by atoms with Gasteiger partial charge in [-0.25, -0.2) is 0 Å². The summed E-state index contributed by atoms with van der Waals surface area (Å²) < 4.78 is 0. The van der Waals surface area contributed by atoms with E-state index in [1.54, 1.807) is 19.3 Å². The first-order valence-electron chi connectivity index (χ1n) is 7.97. The van der Waals surface area contributed by atoms with Gasteiger partial charge >= 0.3 is 0 Å². The smallest absolute Gasteiger partial charge is 0.0191 e. The highest BCUT2D eigenvalue weighted by atomic mass is 15.0. The maximum absolute atomic E-state index is 4.06. The summed E-state index contributed by atoms with van der Waals surface area (Å²) in [6.45, 7) is 4.71. The van der Waals surface area contributed by atoms with E-state index in [-0.39, 0.29) is 0 Å². The van der Waals surface area contributed by atoms with Crippen molar-refractivity contribution in [3.05, 3.63) is 0 Å². The number of unbranched alkanes of at least 4 members (excludes halogenated alkanes) is 1. The fourth-order valence-electron chi connectivity index (χ4n) is 5.39. The van der Waals surface area contributed by atoms with Crippen LogP contribution in [0.5, 0.6) is 0 Å². The highest BCUT2D eigenvalue weighted by Crippen LogP contribution is 2.55. The van der Waals surface area contributed by atoms with Crippen molar-refractivity contribution >= 4 is 0 Å². The normalized spacial score (nSPS) is 45.2. The van der Waals surface area contributed by atoms with Crippen molar-refractivity contribution in [3.8, 4) is 0 Å². The van der Waals surface area contributed by atoms with Crippen LogP contribution in [0.25, 0.3) is 0 Å². The minimum absolute atomic E-state index is 0.571. The molecule has 0 radical (unpaired) electrons. The topological polar surface area (TPSA) is 12.0 Å². The predicted molar refractivity (Wildman–Crippen MR) is 73.0 cm³/mol. The van der Waals surface area contributed by atoms with E-state index >= 15 is 0 Å². The molecule has 0 saturated heterocycles. The highest BCUT2D eigenvalue weighted by Gasteiger charge is 2.50. The number of nitrogens with one attached hydrogen (secondary N) is 1. The predicted octanol–water partition coefficient (Wildman–Crippen LogP) is 4.12. The third kappa shape index (κ3) is 2.41. The summed E-state index contributed by atoms with van der Waals surface area (Å²) in [5.41, 5.74) is 0.571. The van der Waals surface area contributed by atoms with Crippen molar-refractivity contribution in [2.24, 2.45) is 17.8 Å². The fraction of sp³-hybridized carbons (Fsp3) is 1.00. The van der Waals surface area contributed by atoms with E-state index in [1.165, 1.54) is 38.5 Å². The van der Waals surface area contributed by atoms with E-state index in [4.69, 9.17) is 0 Å². The third-order valence-corrected chi connectivity index (χ3v) is 5.58. The first kappa shape index (κ1) is 12.0. The van der Waals surface area contributed by atoms with Crippen molar-refractivity contribution in [2.45, 2.75) is 83.2 Å². The molecule has 1 N–H and O–H groups in total. The van der Waals surface area contributed by atoms with Gasteiger partial charge in [0.25, 0.3) is 0 Å². The summed E-state index contributed by atoms with van der Waals surface area (Å²) in [6, 6.07) is 0.742. The Bertz CT molecular complexity index is 235. The molecule has 4 aliphatic carbocycles. The van der Waals surface area contributed by atoms with Gasteiger partial charge in [-0.2, -0.15) is 0 Å². The van der Waals surface area contributed by atoms with Crippen molar-refractivity contribution in [3.63, 3.8) is 0 Å². The molecule has 98 valence electrons. The first-order valence-corrected chi connectivity index (χ1v) is 7.97. The summed E-state index contributed by atoms with van der Waals surface area (Å²) >= 11 is 0. The van der Waals surface area contributed by atoms with Crippen LogP contribution < -0.4 is 5.32 Å². The van der Waals surface area contributed by atoms with E-state index in [0.29, 0.717) is 5.54 Å². The standard InChI is InChI=1S/C16H29N/c1-3-4-5-12(2)17-16-9-13-6-14(10-16)8-15(7-13)11-16/h12-15,17H,3-11H2,1-2H3. The molecule has 1 nitrogen and oxygen atoms in total. The van der Waals surface area contributed by atoms with Gasteiger partial charge in [-0.15, -0.1) is 0 Å². The molecule has 0 spiro atoms. The fourth-order valence-corrected chi connectivity index (χ4v) is 5.39. The molecule has 4 fully saturated rings. The molecule has 0 aliphatic heterocycles. The summed E-state index contributed by atoms with van der Waals surface area (Å²) in [4.78, 5) is 0. The molecule has 0 amide bonds. The summed E-state index contributed by atoms with van der Waals surface area (Å²) in [7, 11) is 0. The lowest BCUT2D eigenvalue weighted by molar-refractivity contribution is -0.0248. The van der Waals surface area contributed by atoms with Crippen LogP contribution in [0.2, 0.25) is 0 Å². The maximum Gasteiger partial charge on any atom is 0.0191 e. The van der Waals surface area contributed by atoms with Gasteiger partial charge in [0.15, 0.2) is 0 Å². The van der Waals surface area contributed by atoms with Crippen molar-refractivity contribution < 1.29 is 0 Å². The molecule has 0 aromatic heterocycles. The van der Waals surface area contributed by atoms with Crippen LogP contribution in [0, 0.1) is 17.8 Å². The van der Waals surface area contributed by atoms with Gasteiger partial charge in [-0.1, -0.05) is 19.8 Å². The second-order valence-electron chi connectivity index (χ2n) is 7.39. The second kappa shape index (κ2) is 4.57. The minimum Gasteiger partial charge on any atom is -0.309 e. The van der Waals surface area contributed by atoms with Crippen molar-refractivity contribution in [2.75, 3.05) is 0 Å². The van der Waals surface area contributed by atoms with Gasteiger partial charge in [0.1, 0.15) is 0 Å². The molecule has 0 heterocycles. The first-order chi connectivity index (χ1) is 8.19. The highest BCUT2D eigenvalue weighted by molar-refractivity contribution is 5.06. The molecule has 4 saturated carbocycles. The van der Waals surface area contributed by atoms with Crippen LogP contribution in [-0.4, -0.2) is 11.6 Å². The zero-order valence-electron chi connectivity index (χ0n) is 11.7. The average molecular weight is 235 g/mol. The Morgan fingerprint density at radius 3 is 2.06 bits per heavy atom. The van der Waals surface area contributed by atoms with Gasteiger partial charge in [0, 0.05) is 11.6 Å². The molecule has 17 heavy (non-hydrogen) atoms. The number of hydrogen-bond acceptors (Lipinski definition) is 1. The molecule has 0 aromatic rings. The van der Waals surface area contributed by atoms with Gasteiger partial charge in [-0.05, 0) is 69.6 Å². The molecule has 4 aliphatic rings. The number of rotatable bonds is 5. The van der Waals surface area contributed by atoms with Crippen LogP contribution in [0.1, 0.15) is 71.6 Å². The van der Waals surface area contributed by atoms with E-state index < -0.39 is 0 Å². The van der Waals surface area contributed by atoms with Crippen LogP contribution >= 0.6 is 0 Å². The lowest BCUT2D eigenvalue weighted by atomic mass is 9.53. The summed E-state index contributed by atoms with van der Waals surface area (Å²) in [5.74, 6) is 3.23. The lowest BCUT2D eigenvalue weighted by Gasteiger charge is -2.58. The van der Waals surface area contributed by atoms with E-state index in [2.05, 4.69) is 19.2 Å². The summed E-state index contributed by atoms with van der Waals surface area (Å²) in [5, 5.41) is 4.06. The van der Waals surface area contributed by atoms with Gasteiger partial charge in [0.2, 0.25) is 0 Å². The minimum atomic E-state index is 0.571. The average Bonchev–Trinajstić information content (AvgIpc) is 2.23. The molecule has 0 aromatic carbocycles. The maximum atomic E-state index is 4.06. The van der Waals surface area contributed by atoms with E-state index in [9.17, 15) is 0 Å². The largest absolute Gasteiger partial charge is 0.309 e. The summed E-state index contributed by atoms with van der Waals surface area (Å²) in [6.07, 6.45) is 13.3. The molecule has 1 atom stereocenters. The third-order valence-electron chi connectivity index (χ3n) is 5.58. The molecule has 1 unspecified atom stereocenters. The Morgan fingerprint density at radius 2 is 1.59 bits per heavy atom. The van der Waals surface area contributed by atoms with Crippen LogP contribution in [0.3, 0.4) is 0 Å². The van der Waals surface area contributed by atoms with E-state index in [0.717, 1.165) is 23.8 Å². The molecular weight excluding hydrogens is 206 g/mol. The van der Waals surface area contributed by atoms with Gasteiger partial charge in [-0.3, -0.25) is 0 Å². The van der Waals surface area contributed by atoms with Crippen LogP contribution in [0.4, 0.5) is 0 Å². The number of hydrogen-bond donors (Lipinski definition) is 1. The zero-order valence-corrected chi connectivity index (χ0v) is 11.7. The Hall–Kier alpha value is -0.0400. The molecular formula is C16H29N. The SMILES string of the molecule is CCCCC(C)NC12CC3CC(CC(C3)C1)C2. The Morgan fingerprint density at radius 1 is 1.06 bits per heavy atom. The molecule has 1 heteroatoms. The molecule has 4 bridgehead atoms.